The number of nitriles is 1. The third-order valence-corrected chi connectivity index (χ3v) is 4.55. The molecule has 0 aliphatic carbocycles. The molecular formula is C17H24FN4O+. The molecule has 1 saturated heterocycles. The fraction of sp³-hybridized carbons (Fsp3) is 0.529. The van der Waals surface area contributed by atoms with Crippen molar-refractivity contribution >= 4 is 11.6 Å². The van der Waals surface area contributed by atoms with Gasteiger partial charge in [-0.3, -0.25) is 4.79 Å². The van der Waals surface area contributed by atoms with Crippen LogP contribution in [0.3, 0.4) is 0 Å². The summed E-state index contributed by atoms with van der Waals surface area (Å²) < 4.78 is 13.0. The highest BCUT2D eigenvalue weighted by molar-refractivity contribution is 5.78. The van der Waals surface area contributed by atoms with Gasteiger partial charge in [0.25, 0.3) is 5.91 Å². The zero-order valence-electron chi connectivity index (χ0n) is 14.0. The molecule has 23 heavy (non-hydrogen) atoms. The molecule has 1 heterocycles. The summed E-state index contributed by atoms with van der Waals surface area (Å²) in [5, 5.41) is 9.12. The Balaban J connectivity index is 1.86. The van der Waals surface area contributed by atoms with E-state index < -0.39 is 5.54 Å². The summed E-state index contributed by atoms with van der Waals surface area (Å²) in [5.74, 6) is -0.242. The van der Waals surface area contributed by atoms with E-state index in [1.54, 1.807) is 33.0 Å². The molecule has 0 saturated carbocycles. The predicted octanol–water partition coefficient (Wildman–Crippen LogP) is 0.291. The van der Waals surface area contributed by atoms with E-state index in [0.29, 0.717) is 6.54 Å². The molecule has 0 unspecified atom stereocenters. The second-order valence-electron chi connectivity index (χ2n) is 6.51. The third-order valence-electron chi connectivity index (χ3n) is 4.55. The Morgan fingerprint density at radius 2 is 1.91 bits per heavy atom. The minimum atomic E-state index is -0.785. The van der Waals surface area contributed by atoms with Crippen LogP contribution in [0.2, 0.25) is 0 Å². The minimum Gasteiger partial charge on any atom is -0.360 e. The Hall–Kier alpha value is -2.13. The van der Waals surface area contributed by atoms with Crippen LogP contribution in [-0.4, -0.2) is 56.1 Å². The second kappa shape index (κ2) is 6.97. The molecular weight excluding hydrogens is 295 g/mol. The number of benzene rings is 1. The predicted molar refractivity (Wildman–Crippen MR) is 86.6 cm³/mol. The van der Waals surface area contributed by atoms with Crippen molar-refractivity contribution in [1.29, 1.82) is 5.26 Å². The molecule has 1 aromatic rings. The van der Waals surface area contributed by atoms with Crippen LogP contribution < -0.4 is 9.80 Å². The highest BCUT2D eigenvalue weighted by Crippen LogP contribution is 2.14. The Morgan fingerprint density at radius 3 is 2.43 bits per heavy atom. The highest BCUT2D eigenvalue weighted by Gasteiger charge is 2.30. The average Bonchev–Trinajstić information content (AvgIpc) is 2.55. The van der Waals surface area contributed by atoms with Crippen LogP contribution in [0.1, 0.15) is 13.8 Å². The summed E-state index contributed by atoms with van der Waals surface area (Å²) >= 11 is 0. The molecule has 124 valence electrons. The van der Waals surface area contributed by atoms with Crippen molar-refractivity contribution in [3.05, 3.63) is 30.1 Å². The van der Waals surface area contributed by atoms with Crippen molar-refractivity contribution in [2.75, 3.05) is 44.7 Å². The number of likely N-dealkylation sites (N-methyl/N-ethyl adjacent to an activating group) is 1. The molecule has 0 spiro atoms. The van der Waals surface area contributed by atoms with Crippen molar-refractivity contribution < 1.29 is 14.1 Å². The Kier molecular flexibility index (Phi) is 5.22. The molecule has 1 aliphatic rings. The average molecular weight is 319 g/mol. The van der Waals surface area contributed by atoms with E-state index in [1.807, 2.05) is 0 Å². The van der Waals surface area contributed by atoms with E-state index in [1.165, 1.54) is 21.9 Å². The maximum absolute atomic E-state index is 13.0. The molecule has 0 aromatic heterocycles. The zero-order chi connectivity index (χ0) is 17.0. The number of quaternary nitrogens is 1. The molecule has 6 heteroatoms. The van der Waals surface area contributed by atoms with Gasteiger partial charge in [0.2, 0.25) is 0 Å². The molecule has 5 nitrogen and oxygen atoms in total. The van der Waals surface area contributed by atoms with Gasteiger partial charge in [-0.2, -0.15) is 5.26 Å². The van der Waals surface area contributed by atoms with E-state index in [-0.39, 0.29) is 11.7 Å². The fourth-order valence-corrected chi connectivity index (χ4v) is 2.63. The fourth-order valence-electron chi connectivity index (χ4n) is 2.63. The maximum atomic E-state index is 13.0. The topological polar surface area (TPSA) is 51.8 Å². The molecule has 1 amide bonds. The Labute approximate surface area is 136 Å². The lowest BCUT2D eigenvalue weighted by Gasteiger charge is -2.35. The van der Waals surface area contributed by atoms with E-state index >= 15 is 0 Å². The van der Waals surface area contributed by atoms with Crippen LogP contribution in [0.15, 0.2) is 24.3 Å². The molecule has 1 N–H and O–H groups in total. The third kappa shape index (κ3) is 4.20. The summed E-state index contributed by atoms with van der Waals surface area (Å²) in [6.07, 6.45) is 0. The van der Waals surface area contributed by atoms with Crippen LogP contribution in [0.5, 0.6) is 0 Å². The lowest BCUT2D eigenvalue weighted by molar-refractivity contribution is -0.892. The van der Waals surface area contributed by atoms with Gasteiger partial charge in [-0.25, -0.2) is 4.39 Å². The van der Waals surface area contributed by atoms with Gasteiger partial charge in [-0.05, 0) is 38.1 Å². The lowest BCUT2D eigenvalue weighted by atomic mass is 10.1. The Bertz CT molecular complexity index is 586. The van der Waals surface area contributed by atoms with E-state index in [2.05, 4.69) is 11.0 Å². The first-order valence-electron chi connectivity index (χ1n) is 7.85. The monoisotopic (exact) mass is 319 g/mol. The molecule has 0 atom stereocenters. The van der Waals surface area contributed by atoms with Gasteiger partial charge in [0.1, 0.15) is 11.4 Å². The summed E-state index contributed by atoms with van der Waals surface area (Å²) in [4.78, 5) is 17.2. The Morgan fingerprint density at radius 1 is 1.35 bits per heavy atom. The largest absolute Gasteiger partial charge is 0.360 e. The first-order valence-corrected chi connectivity index (χ1v) is 7.85. The van der Waals surface area contributed by atoms with Gasteiger partial charge in [-0.1, -0.05) is 0 Å². The van der Waals surface area contributed by atoms with Gasteiger partial charge in [0, 0.05) is 12.7 Å². The minimum absolute atomic E-state index is 0.0122. The summed E-state index contributed by atoms with van der Waals surface area (Å²) in [7, 11) is 1.68. The second-order valence-corrected chi connectivity index (χ2v) is 6.51. The number of amides is 1. The number of hydrogen-bond donors (Lipinski definition) is 1. The number of halogens is 1. The van der Waals surface area contributed by atoms with Crippen LogP contribution in [0.25, 0.3) is 0 Å². The van der Waals surface area contributed by atoms with Crippen LogP contribution in [0.4, 0.5) is 10.1 Å². The van der Waals surface area contributed by atoms with Crippen LogP contribution in [-0.2, 0) is 4.79 Å². The van der Waals surface area contributed by atoms with Crippen LogP contribution in [0, 0.1) is 17.1 Å². The van der Waals surface area contributed by atoms with Gasteiger partial charge >= 0.3 is 0 Å². The number of rotatable bonds is 4. The van der Waals surface area contributed by atoms with Crippen molar-refractivity contribution in [3.8, 4) is 6.07 Å². The smallest absolute Gasteiger partial charge is 0.278 e. The normalized spacial score (nSPS) is 16.0. The maximum Gasteiger partial charge on any atom is 0.278 e. The molecule has 1 aromatic carbocycles. The molecule has 0 radical (unpaired) electrons. The van der Waals surface area contributed by atoms with Crippen molar-refractivity contribution in [3.63, 3.8) is 0 Å². The highest BCUT2D eigenvalue weighted by atomic mass is 19.1. The molecule has 2 rings (SSSR count). The number of piperazine rings is 1. The van der Waals surface area contributed by atoms with E-state index in [4.69, 9.17) is 5.26 Å². The van der Waals surface area contributed by atoms with Crippen molar-refractivity contribution in [2.24, 2.45) is 0 Å². The number of nitrogens with one attached hydrogen (secondary N) is 1. The quantitative estimate of drug-likeness (QED) is 0.868. The van der Waals surface area contributed by atoms with Gasteiger partial charge < -0.3 is 14.7 Å². The first-order chi connectivity index (χ1) is 10.8. The molecule has 0 bridgehead atoms. The molecule has 1 aliphatic heterocycles. The lowest BCUT2D eigenvalue weighted by Crippen LogP contribution is -3.16. The standard InChI is InChI=1S/C17H23FN4O/c1-17(2,13-19)20(3)16(23)12-21-8-10-22(11-9-21)15-6-4-14(18)5-7-15/h4-7H,8-12H2,1-3H3/p+1. The number of carbonyl (C=O) groups excluding carboxylic acids is 1. The summed E-state index contributed by atoms with van der Waals surface area (Å²) in [5.41, 5.74) is 0.228. The number of carbonyl (C=O) groups is 1. The summed E-state index contributed by atoms with van der Waals surface area (Å²) in [6.45, 7) is 7.26. The first kappa shape index (κ1) is 17.2. The number of anilines is 1. The van der Waals surface area contributed by atoms with Gasteiger partial charge in [-0.15, -0.1) is 0 Å². The van der Waals surface area contributed by atoms with E-state index in [0.717, 1.165) is 31.9 Å². The van der Waals surface area contributed by atoms with Gasteiger partial charge in [0.05, 0.1) is 32.2 Å². The van der Waals surface area contributed by atoms with Crippen molar-refractivity contribution in [2.45, 2.75) is 19.4 Å². The number of hydrogen-bond acceptors (Lipinski definition) is 3. The molecule has 1 fully saturated rings. The SMILES string of the molecule is CN(C(=O)C[NH+]1CCN(c2ccc(F)cc2)CC1)C(C)(C)C#N. The summed E-state index contributed by atoms with van der Waals surface area (Å²) in [6, 6.07) is 8.66. The van der Waals surface area contributed by atoms with Gasteiger partial charge in [0.15, 0.2) is 6.54 Å². The van der Waals surface area contributed by atoms with E-state index in [9.17, 15) is 9.18 Å². The van der Waals surface area contributed by atoms with Crippen molar-refractivity contribution in [1.82, 2.24) is 4.90 Å². The van der Waals surface area contributed by atoms with Crippen LogP contribution >= 0.6 is 0 Å². The zero-order valence-corrected chi connectivity index (χ0v) is 14.0. The number of nitrogens with zero attached hydrogens (tertiary/aromatic N) is 3.